The second kappa shape index (κ2) is 5.61. The molecule has 0 aliphatic rings. The van der Waals surface area contributed by atoms with Gasteiger partial charge in [0.15, 0.2) is 0 Å². The molecular weight excluding hydrogens is 306 g/mol. The Kier molecular flexibility index (Phi) is 4.20. The van der Waals surface area contributed by atoms with E-state index in [1.807, 2.05) is 13.8 Å². The van der Waals surface area contributed by atoms with Crippen LogP contribution in [0.5, 0.6) is 0 Å². The van der Waals surface area contributed by atoms with Crippen molar-refractivity contribution in [2.75, 3.05) is 6.26 Å². The third-order valence-corrected chi connectivity index (χ3v) is 6.96. The van der Waals surface area contributed by atoms with E-state index >= 15 is 0 Å². The highest BCUT2D eigenvalue weighted by Gasteiger charge is 2.17. The van der Waals surface area contributed by atoms with Crippen molar-refractivity contribution in [2.24, 2.45) is 3.77 Å². The van der Waals surface area contributed by atoms with Crippen molar-refractivity contribution in [1.82, 2.24) is 0 Å². The highest BCUT2D eigenvalue weighted by atomic mass is 32.3. The molecule has 21 heavy (non-hydrogen) atoms. The van der Waals surface area contributed by atoms with Gasteiger partial charge < -0.3 is 0 Å². The molecule has 4 nitrogen and oxygen atoms in total. The Hall–Kier alpha value is -1.66. The topological polar surface area (TPSA) is 63.6 Å². The minimum absolute atomic E-state index is 0.0507. The number of nitrogens with zero attached hydrogens (tertiary/aromatic N) is 1. The zero-order valence-electron chi connectivity index (χ0n) is 12.1. The molecule has 0 heterocycles. The average molecular weight is 323 g/mol. The van der Waals surface area contributed by atoms with Crippen molar-refractivity contribution in [3.05, 3.63) is 59.7 Å². The third kappa shape index (κ3) is 3.71. The van der Waals surface area contributed by atoms with Gasteiger partial charge in [-0.3, -0.25) is 0 Å². The molecule has 112 valence electrons. The van der Waals surface area contributed by atoms with Crippen molar-refractivity contribution in [3.63, 3.8) is 0 Å². The molecule has 6 heteroatoms. The largest absolute Gasteiger partial charge is 0.290 e. The number of hydrogen-bond acceptors (Lipinski definition) is 3. The summed E-state index contributed by atoms with van der Waals surface area (Å²) in [6.45, 7) is 3.77. The number of sulfonamides is 1. The lowest BCUT2D eigenvalue weighted by molar-refractivity contribution is 0.598. The first-order chi connectivity index (χ1) is 9.71. The summed E-state index contributed by atoms with van der Waals surface area (Å²) in [7, 11) is -6.95. The standard InChI is InChI=1S/C15H17NO3S2/c1-12-4-8-14(9-5-12)20(3,17)16-21(18,19)15-10-6-13(2)7-11-15/h4-11H,1-3H3/t20-/m0/s1. The highest BCUT2D eigenvalue weighted by molar-refractivity contribution is 8.03. The van der Waals surface area contributed by atoms with Crippen LogP contribution in [0.3, 0.4) is 0 Å². The first-order valence-electron chi connectivity index (χ1n) is 6.32. The van der Waals surface area contributed by atoms with Crippen molar-refractivity contribution in [3.8, 4) is 0 Å². The second-order valence-electron chi connectivity index (χ2n) is 4.98. The molecule has 0 saturated carbocycles. The Balaban J connectivity index is 2.52. The normalized spacial score (nSPS) is 14.4. The van der Waals surface area contributed by atoms with Gasteiger partial charge in [-0.1, -0.05) is 35.4 Å². The fourth-order valence-electron chi connectivity index (χ4n) is 1.77. The van der Waals surface area contributed by atoms with E-state index in [1.54, 1.807) is 36.4 Å². The van der Waals surface area contributed by atoms with Gasteiger partial charge >= 0.3 is 0 Å². The van der Waals surface area contributed by atoms with E-state index in [0.717, 1.165) is 11.1 Å². The van der Waals surface area contributed by atoms with Crippen LogP contribution in [0.1, 0.15) is 11.1 Å². The highest BCUT2D eigenvalue weighted by Crippen LogP contribution is 2.19. The van der Waals surface area contributed by atoms with Crippen LogP contribution in [-0.2, 0) is 19.8 Å². The van der Waals surface area contributed by atoms with Gasteiger partial charge in [0, 0.05) is 11.2 Å². The van der Waals surface area contributed by atoms with Gasteiger partial charge in [0.25, 0.3) is 10.0 Å². The molecule has 0 unspecified atom stereocenters. The van der Waals surface area contributed by atoms with Crippen LogP contribution in [0, 0.1) is 13.8 Å². The quantitative estimate of drug-likeness (QED) is 0.871. The maximum atomic E-state index is 12.6. The maximum absolute atomic E-state index is 12.6. The van der Waals surface area contributed by atoms with Crippen LogP contribution in [0.2, 0.25) is 0 Å². The summed E-state index contributed by atoms with van der Waals surface area (Å²) in [6, 6.07) is 13.2. The predicted molar refractivity (Wildman–Crippen MR) is 84.3 cm³/mol. The number of aryl methyl sites for hydroxylation is 2. The molecule has 2 aromatic rings. The van der Waals surface area contributed by atoms with Crippen molar-refractivity contribution in [2.45, 2.75) is 23.6 Å². The van der Waals surface area contributed by atoms with Crippen LogP contribution < -0.4 is 0 Å². The molecule has 2 rings (SSSR count). The van der Waals surface area contributed by atoms with Crippen LogP contribution in [0.15, 0.2) is 62.1 Å². The minimum atomic E-state index is -3.94. The molecule has 0 aliphatic heterocycles. The lowest BCUT2D eigenvalue weighted by atomic mass is 10.2. The van der Waals surface area contributed by atoms with E-state index < -0.39 is 19.8 Å². The van der Waals surface area contributed by atoms with Gasteiger partial charge in [0.05, 0.1) is 14.6 Å². The summed E-state index contributed by atoms with van der Waals surface area (Å²) < 4.78 is 40.8. The van der Waals surface area contributed by atoms with E-state index in [9.17, 15) is 12.6 Å². The predicted octanol–water partition coefficient (Wildman–Crippen LogP) is 3.15. The van der Waals surface area contributed by atoms with E-state index in [1.165, 1.54) is 18.4 Å². The van der Waals surface area contributed by atoms with Crippen molar-refractivity contribution >= 4 is 19.8 Å². The van der Waals surface area contributed by atoms with E-state index in [4.69, 9.17) is 0 Å². The van der Waals surface area contributed by atoms with Crippen molar-refractivity contribution in [1.29, 1.82) is 0 Å². The smallest absolute Gasteiger partial charge is 0.244 e. The van der Waals surface area contributed by atoms with E-state index in [-0.39, 0.29) is 4.90 Å². The summed E-state index contributed by atoms with van der Waals surface area (Å²) in [6.07, 6.45) is 1.34. The summed E-state index contributed by atoms with van der Waals surface area (Å²) in [5.74, 6) is 0. The minimum Gasteiger partial charge on any atom is -0.244 e. The molecule has 0 bridgehead atoms. The SMILES string of the molecule is Cc1ccc(S(=O)(=O)N=[S@@](C)(=O)c2ccc(C)cc2)cc1. The van der Waals surface area contributed by atoms with Gasteiger partial charge in [0.2, 0.25) is 0 Å². The van der Waals surface area contributed by atoms with Gasteiger partial charge in [-0.15, -0.1) is 3.77 Å². The summed E-state index contributed by atoms with van der Waals surface area (Å²) >= 11 is 0. The fourth-order valence-corrected chi connectivity index (χ4v) is 5.08. The van der Waals surface area contributed by atoms with Crippen LogP contribution in [-0.4, -0.2) is 18.9 Å². The zero-order chi connectivity index (χ0) is 15.7. The molecule has 2 aromatic carbocycles. The first kappa shape index (κ1) is 15.7. The summed E-state index contributed by atoms with van der Waals surface area (Å²) in [5, 5.41) is 0. The van der Waals surface area contributed by atoms with Crippen LogP contribution in [0.25, 0.3) is 0 Å². The molecule has 0 aliphatic carbocycles. The molecule has 0 aromatic heterocycles. The monoisotopic (exact) mass is 323 g/mol. The van der Waals surface area contributed by atoms with Gasteiger partial charge in [-0.2, -0.15) is 8.42 Å². The summed E-state index contributed by atoms with van der Waals surface area (Å²) in [4.78, 5) is 0.457. The second-order valence-corrected chi connectivity index (χ2v) is 9.07. The van der Waals surface area contributed by atoms with Crippen LogP contribution >= 0.6 is 0 Å². The van der Waals surface area contributed by atoms with Gasteiger partial charge in [-0.05, 0) is 38.1 Å². The molecule has 0 fully saturated rings. The Morgan fingerprint density at radius 3 is 1.52 bits per heavy atom. The number of rotatable bonds is 3. The average Bonchev–Trinajstić information content (AvgIpc) is 2.38. The molecule has 0 radical (unpaired) electrons. The molecule has 0 spiro atoms. The molecule has 1 atom stereocenters. The number of benzene rings is 2. The lowest BCUT2D eigenvalue weighted by Crippen LogP contribution is -2.04. The fraction of sp³-hybridized carbons (Fsp3) is 0.200. The molecule has 0 saturated heterocycles. The zero-order valence-corrected chi connectivity index (χ0v) is 13.7. The van der Waals surface area contributed by atoms with Crippen LogP contribution in [0.4, 0.5) is 0 Å². The molecule has 0 N–H and O–H groups in total. The summed E-state index contributed by atoms with van der Waals surface area (Å²) in [5.41, 5.74) is 1.96. The lowest BCUT2D eigenvalue weighted by Gasteiger charge is -2.06. The third-order valence-electron chi connectivity index (χ3n) is 3.02. The Morgan fingerprint density at radius 2 is 1.10 bits per heavy atom. The first-order valence-corrected chi connectivity index (χ1v) is 9.69. The van der Waals surface area contributed by atoms with E-state index in [0.29, 0.717) is 4.90 Å². The molecule has 0 amide bonds. The molecular formula is C15H17NO3S2. The van der Waals surface area contributed by atoms with E-state index in [2.05, 4.69) is 3.77 Å². The Bertz CT molecular complexity index is 858. The Labute approximate surface area is 126 Å². The van der Waals surface area contributed by atoms with Gasteiger partial charge in [0.1, 0.15) is 0 Å². The number of hydrogen-bond donors (Lipinski definition) is 0. The Morgan fingerprint density at radius 1 is 0.714 bits per heavy atom. The van der Waals surface area contributed by atoms with Gasteiger partial charge in [-0.25, -0.2) is 4.21 Å². The van der Waals surface area contributed by atoms with Crippen molar-refractivity contribution < 1.29 is 12.6 Å². The maximum Gasteiger partial charge on any atom is 0.290 e.